The maximum Gasteiger partial charge on any atom is 0.490 e. The standard InChI is InChI=1S/C21H24F3N3O.C2HF3O2/c1-26-10-8-19(9-11-26)27(14-15-2-5-17(22)6-3-15)21(28)25-13-16-4-7-18(23)12-20(16)24;3-2(4,5)1(6)7/h2-7,12,19H,8-11,13-14H2,1H3,(H,25,28);(H,6,7). The van der Waals surface area contributed by atoms with Gasteiger partial charge in [-0.3, -0.25) is 0 Å². The number of nitrogens with one attached hydrogen (secondary N) is 1. The van der Waals surface area contributed by atoms with Crippen molar-refractivity contribution in [2.75, 3.05) is 20.1 Å². The third kappa shape index (κ3) is 9.12. The Bertz CT molecular complexity index is 993. The number of aliphatic carboxylic acids is 1. The smallest absolute Gasteiger partial charge is 0.475 e. The van der Waals surface area contributed by atoms with Gasteiger partial charge >= 0.3 is 18.2 Å². The third-order valence-electron chi connectivity index (χ3n) is 5.34. The van der Waals surface area contributed by atoms with E-state index < -0.39 is 23.8 Å². The third-order valence-corrected chi connectivity index (χ3v) is 5.34. The number of carbonyl (C=O) groups is 2. The lowest BCUT2D eigenvalue weighted by molar-refractivity contribution is -0.192. The van der Waals surface area contributed by atoms with Crippen molar-refractivity contribution in [3.63, 3.8) is 0 Å². The molecule has 0 radical (unpaired) electrons. The van der Waals surface area contributed by atoms with Gasteiger partial charge in [0.15, 0.2) is 0 Å². The van der Waals surface area contributed by atoms with Crippen LogP contribution in [0.25, 0.3) is 0 Å². The molecular formula is C23H25F6N3O3. The zero-order valence-corrected chi connectivity index (χ0v) is 18.8. The number of urea groups is 1. The molecule has 2 N–H and O–H groups in total. The van der Waals surface area contributed by atoms with Crippen molar-refractivity contribution in [2.45, 2.75) is 38.1 Å². The Hall–Kier alpha value is -3.28. The molecule has 3 rings (SSSR count). The lowest BCUT2D eigenvalue weighted by atomic mass is 10.0. The number of carboxylic acid groups (broad SMARTS) is 1. The van der Waals surface area contributed by atoms with E-state index in [0.29, 0.717) is 6.54 Å². The fourth-order valence-corrected chi connectivity index (χ4v) is 3.40. The topological polar surface area (TPSA) is 72.9 Å². The number of hydrogen-bond acceptors (Lipinski definition) is 3. The minimum atomic E-state index is -5.08. The van der Waals surface area contributed by atoms with Crippen LogP contribution in [0.5, 0.6) is 0 Å². The van der Waals surface area contributed by atoms with Crippen molar-refractivity contribution in [3.05, 3.63) is 71.0 Å². The summed E-state index contributed by atoms with van der Waals surface area (Å²) in [6.07, 6.45) is -3.42. The van der Waals surface area contributed by atoms with Gasteiger partial charge in [-0.05, 0) is 56.7 Å². The van der Waals surface area contributed by atoms with Crippen LogP contribution in [-0.2, 0) is 17.9 Å². The first kappa shape index (κ1) is 28.0. The minimum absolute atomic E-state index is 0.0303. The molecule has 12 heteroatoms. The molecule has 192 valence electrons. The molecule has 1 heterocycles. The van der Waals surface area contributed by atoms with Crippen LogP contribution < -0.4 is 5.32 Å². The molecule has 1 aliphatic heterocycles. The molecule has 0 spiro atoms. The number of carboxylic acids is 1. The summed E-state index contributed by atoms with van der Waals surface area (Å²) >= 11 is 0. The monoisotopic (exact) mass is 505 g/mol. The highest BCUT2D eigenvalue weighted by Gasteiger charge is 2.38. The van der Waals surface area contributed by atoms with Crippen LogP contribution in [0.1, 0.15) is 24.0 Å². The predicted octanol–water partition coefficient (Wildman–Crippen LogP) is 4.54. The molecule has 1 aliphatic rings. The largest absolute Gasteiger partial charge is 0.490 e. The summed E-state index contributed by atoms with van der Waals surface area (Å²) in [5.74, 6) is -4.43. The van der Waals surface area contributed by atoms with Gasteiger partial charge < -0.3 is 20.2 Å². The molecule has 0 saturated carbocycles. The molecule has 0 aliphatic carbocycles. The molecule has 2 aromatic carbocycles. The van der Waals surface area contributed by atoms with Gasteiger partial charge in [0.2, 0.25) is 0 Å². The number of benzene rings is 2. The van der Waals surface area contributed by atoms with E-state index in [1.54, 1.807) is 17.0 Å². The maximum atomic E-state index is 13.8. The number of likely N-dealkylation sites (tertiary alicyclic amines) is 1. The minimum Gasteiger partial charge on any atom is -0.475 e. The van der Waals surface area contributed by atoms with E-state index >= 15 is 0 Å². The summed E-state index contributed by atoms with van der Waals surface area (Å²) in [6.45, 7) is 2.07. The van der Waals surface area contributed by atoms with Crippen molar-refractivity contribution in [3.8, 4) is 0 Å². The van der Waals surface area contributed by atoms with E-state index in [0.717, 1.165) is 43.6 Å². The summed E-state index contributed by atoms with van der Waals surface area (Å²) in [5, 5.41) is 9.86. The molecular weight excluding hydrogens is 480 g/mol. The molecule has 0 atom stereocenters. The van der Waals surface area contributed by atoms with E-state index in [1.165, 1.54) is 18.2 Å². The second kappa shape index (κ2) is 12.4. The lowest BCUT2D eigenvalue weighted by Crippen LogP contribution is -2.49. The molecule has 6 nitrogen and oxygen atoms in total. The first-order chi connectivity index (χ1) is 16.4. The van der Waals surface area contributed by atoms with Crippen molar-refractivity contribution in [1.29, 1.82) is 0 Å². The quantitative estimate of drug-likeness (QED) is 0.586. The Morgan fingerprint density at radius 3 is 2.09 bits per heavy atom. The molecule has 0 unspecified atom stereocenters. The van der Waals surface area contributed by atoms with Crippen molar-refractivity contribution >= 4 is 12.0 Å². The lowest BCUT2D eigenvalue weighted by Gasteiger charge is -2.37. The Kier molecular flexibility index (Phi) is 9.93. The summed E-state index contributed by atoms with van der Waals surface area (Å²) in [6, 6.07) is 9.06. The SMILES string of the molecule is CN1CCC(N(Cc2ccc(F)cc2)C(=O)NCc2ccc(F)cc2F)CC1.O=C(O)C(F)(F)F. The number of hydrogen-bond donors (Lipinski definition) is 2. The zero-order valence-electron chi connectivity index (χ0n) is 18.8. The highest BCUT2D eigenvalue weighted by Crippen LogP contribution is 2.19. The van der Waals surface area contributed by atoms with Crippen LogP contribution in [-0.4, -0.2) is 59.3 Å². The average molecular weight is 505 g/mol. The van der Waals surface area contributed by atoms with E-state index in [-0.39, 0.29) is 30.0 Å². The van der Waals surface area contributed by atoms with Crippen LogP contribution >= 0.6 is 0 Å². The van der Waals surface area contributed by atoms with Gasteiger partial charge in [0, 0.05) is 30.8 Å². The van der Waals surface area contributed by atoms with Gasteiger partial charge in [-0.1, -0.05) is 18.2 Å². The number of alkyl halides is 3. The van der Waals surface area contributed by atoms with Crippen LogP contribution in [0.2, 0.25) is 0 Å². The normalized spacial score (nSPS) is 14.6. The predicted molar refractivity (Wildman–Crippen MR) is 115 cm³/mol. The second-order valence-electron chi connectivity index (χ2n) is 7.99. The van der Waals surface area contributed by atoms with Gasteiger partial charge in [-0.25, -0.2) is 22.8 Å². The molecule has 35 heavy (non-hydrogen) atoms. The number of halogens is 6. The molecule has 0 bridgehead atoms. The number of nitrogens with zero attached hydrogens (tertiary/aromatic N) is 2. The second-order valence-corrected chi connectivity index (χ2v) is 7.99. The van der Waals surface area contributed by atoms with Crippen molar-refractivity contribution < 1.29 is 41.0 Å². The van der Waals surface area contributed by atoms with E-state index in [4.69, 9.17) is 9.90 Å². The molecule has 2 amide bonds. The Morgan fingerprint density at radius 1 is 1.03 bits per heavy atom. The summed E-state index contributed by atoms with van der Waals surface area (Å²) in [5.41, 5.74) is 1.04. The Labute approximate surface area is 198 Å². The van der Waals surface area contributed by atoms with Gasteiger partial charge in [0.25, 0.3) is 0 Å². The zero-order chi connectivity index (χ0) is 26.2. The van der Waals surface area contributed by atoms with E-state index in [9.17, 15) is 31.1 Å². The Morgan fingerprint density at radius 2 is 1.57 bits per heavy atom. The van der Waals surface area contributed by atoms with E-state index in [1.807, 2.05) is 7.05 Å². The van der Waals surface area contributed by atoms with Crippen molar-refractivity contribution in [1.82, 2.24) is 15.1 Å². The molecule has 2 aromatic rings. The van der Waals surface area contributed by atoms with Gasteiger partial charge in [-0.15, -0.1) is 0 Å². The van der Waals surface area contributed by atoms with Gasteiger partial charge in [0.05, 0.1) is 0 Å². The first-order valence-electron chi connectivity index (χ1n) is 10.6. The Balaban J connectivity index is 0.000000540. The fourth-order valence-electron chi connectivity index (χ4n) is 3.40. The number of carbonyl (C=O) groups excluding carboxylic acids is 1. The summed E-state index contributed by atoms with van der Waals surface area (Å²) in [7, 11) is 2.04. The van der Waals surface area contributed by atoms with Crippen LogP contribution in [0, 0.1) is 17.5 Å². The molecule has 0 aromatic heterocycles. The summed E-state index contributed by atoms with van der Waals surface area (Å²) in [4.78, 5) is 25.7. The van der Waals surface area contributed by atoms with Crippen molar-refractivity contribution in [2.24, 2.45) is 0 Å². The highest BCUT2D eigenvalue weighted by atomic mass is 19.4. The van der Waals surface area contributed by atoms with Gasteiger partial charge in [-0.2, -0.15) is 13.2 Å². The number of piperidine rings is 1. The van der Waals surface area contributed by atoms with Crippen LogP contribution in [0.4, 0.5) is 31.1 Å². The fraction of sp³-hybridized carbons (Fsp3) is 0.391. The highest BCUT2D eigenvalue weighted by molar-refractivity contribution is 5.74. The summed E-state index contributed by atoms with van der Waals surface area (Å²) < 4.78 is 71.8. The molecule has 1 fully saturated rings. The average Bonchev–Trinajstić information content (AvgIpc) is 2.78. The molecule has 1 saturated heterocycles. The van der Waals surface area contributed by atoms with E-state index in [2.05, 4.69) is 10.2 Å². The van der Waals surface area contributed by atoms with Gasteiger partial charge in [0.1, 0.15) is 17.5 Å². The number of rotatable bonds is 5. The van der Waals surface area contributed by atoms with Crippen LogP contribution in [0.15, 0.2) is 42.5 Å². The first-order valence-corrected chi connectivity index (χ1v) is 10.6. The van der Waals surface area contributed by atoms with Crippen LogP contribution in [0.3, 0.4) is 0 Å². The maximum absolute atomic E-state index is 13.8. The number of amides is 2.